The van der Waals surface area contributed by atoms with Crippen LogP contribution in [0.5, 0.6) is 0 Å². The normalized spacial score (nSPS) is 17.3. The molecular weight excluding hydrogens is 379 g/mol. The molecule has 4 rings (SSSR count). The van der Waals surface area contributed by atoms with Crippen molar-refractivity contribution >= 4 is 5.95 Å². The number of rotatable bonds is 5. The highest BCUT2D eigenvalue weighted by molar-refractivity contribution is 5.66. The SMILES string of the molecule is Cc1c(CN2CCCCC2c2nc(N(C)C)ncc2-c2ccc(F)cc2)cnn1C. The first-order chi connectivity index (χ1) is 14.4. The molecule has 3 aromatic rings. The fraction of sp³-hybridized carbons (Fsp3) is 0.435. The highest BCUT2D eigenvalue weighted by Crippen LogP contribution is 2.37. The first-order valence-electron chi connectivity index (χ1n) is 10.5. The smallest absolute Gasteiger partial charge is 0.225 e. The van der Waals surface area contributed by atoms with E-state index in [1.54, 1.807) is 0 Å². The van der Waals surface area contributed by atoms with Crippen molar-refractivity contribution in [3.8, 4) is 11.1 Å². The summed E-state index contributed by atoms with van der Waals surface area (Å²) in [6, 6.07) is 6.80. The Bertz CT molecular complexity index is 1010. The van der Waals surface area contributed by atoms with Gasteiger partial charge in [-0.2, -0.15) is 5.10 Å². The van der Waals surface area contributed by atoms with E-state index in [9.17, 15) is 4.39 Å². The molecule has 0 spiro atoms. The van der Waals surface area contributed by atoms with Crippen molar-refractivity contribution in [2.75, 3.05) is 25.5 Å². The van der Waals surface area contributed by atoms with E-state index in [4.69, 9.17) is 4.98 Å². The van der Waals surface area contributed by atoms with Gasteiger partial charge >= 0.3 is 0 Å². The monoisotopic (exact) mass is 408 g/mol. The van der Waals surface area contributed by atoms with Gasteiger partial charge in [0.05, 0.1) is 17.9 Å². The second kappa shape index (κ2) is 8.52. The lowest BCUT2D eigenvalue weighted by molar-refractivity contribution is 0.137. The van der Waals surface area contributed by atoms with E-state index in [2.05, 4.69) is 21.9 Å². The summed E-state index contributed by atoms with van der Waals surface area (Å²) >= 11 is 0. The third-order valence-corrected chi connectivity index (χ3v) is 6.00. The quantitative estimate of drug-likeness (QED) is 0.636. The van der Waals surface area contributed by atoms with Crippen LogP contribution in [0.4, 0.5) is 10.3 Å². The van der Waals surface area contributed by atoms with Crippen molar-refractivity contribution in [2.24, 2.45) is 7.05 Å². The van der Waals surface area contributed by atoms with E-state index in [-0.39, 0.29) is 11.9 Å². The minimum Gasteiger partial charge on any atom is -0.347 e. The van der Waals surface area contributed by atoms with E-state index in [1.807, 2.05) is 55.3 Å². The van der Waals surface area contributed by atoms with Crippen LogP contribution in [0.1, 0.15) is 42.3 Å². The number of piperidine rings is 1. The lowest BCUT2D eigenvalue weighted by Crippen LogP contribution is -2.34. The van der Waals surface area contributed by atoms with E-state index < -0.39 is 0 Å². The second-order valence-electron chi connectivity index (χ2n) is 8.23. The predicted octanol–water partition coefficient (Wildman–Crippen LogP) is 4.12. The number of benzene rings is 1. The van der Waals surface area contributed by atoms with E-state index >= 15 is 0 Å². The third-order valence-electron chi connectivity index (χ3n) is 6.00. The van der Waals surface area contributed by atoms with Gasteiger partial charge in [-0.3, -0.25) is 9.58 Å². The standard InChI is InChI=1S/C23H29FN6/c1-16-18(13-26-29(16)4)15-30-12-6-5-7-21(30)22-20(14-25-23(27-22)28(2)3)17-8-10-19(24)11-9-17/h8-11,13-14,21H,5-7,12,15H2,1-4H3. The van der Waals surface area contributed by atoms with Gasteiger partial charge in [0.25, 0.3) is 0 Å². The average Bonchev–Trinajstić information content (AvgIpc) is 3.06. The van der Waals surface area contributed by atoms with E-state index in [1.165, 1.54) is 29.8 Å². The van der Waals surface area contributed by atoms with Gasteiger partial charge in [0.1, 0.15) is 5.82 Å². The molecule has 0 saturated carbocycles. The van der Waals surface area contributed by atoms with Crippen molar-refractivity contribution in [3.63, 3.8) is 0 Å². The topological polar surface area (TPSA) is 50.1 Å². The van der Waals surface area contributed by atoms with Gasteiger partial charge in [-0.1, -0.05) is 18.6 Å². The van der Waals surface area contributed by atoms with Gasteiger partial charge in [-0.05, 0) is 44.0 Å². The number of halogens is 1. The molecule has 1 aliphatic rings. The van der Waals surface area contributed by atoms with Crippen molar-refractivity contribution in [1.29, 1.82) is 0 Å². The Morgan fingerprint density at radius 3 is 2.57 bits per heavy atom. The van der Waals surface area contributed by atoms with Crippen LogP contribution in [0.15, 0.2) is 36.7 Å². The Hall–Kier alpha value is -2.80. The lowest BCUT2D eigenvalue weighted by atomic mass is 9.93. The number of aryl methyl sites for hydroxylation is 1. The van der Waals surface area contributed by atoms with Gasteiger partial charge in [0.2, 0.25) is 5.95 Å². The van der Waals surface area contributed by atoms with Gasteiger partial charge in [-0.25, -0.2) is 14.4 Å². The van der Waals surface area contributed by atoms with Gasteiger partial charge in [0.15, 0.2) is 0 Å². The van der Waals surface area contributed by atoms with E-state index in [0.29, 0.717) is 5.95 Å². The number of likely N-dealkylation sites (tertiary alicyclic amines) is 1. The molecule has 0 N–H and O–H groups in total. The Morgan fingerprint density at radius 2 is 1.90 bits per heavy atom. The Balaban J connectivity index is 1.75. The summed E-state index contributed by atoms with van der Waals surface area (Å²) in [4.78, 5) is 14.0. The molecule has 1 aromatic carbocycles. The fourth-order valence-corrected chi connectivity index (χ4v) is 4.11. The predicted molar refractivity (Wildman–Crippen MR) is 117 cm³/mol. The summed E-state index contributed by atoms with van der Waals surface area (Å²) in [5, 5.41) is 4.41. The molecule has 0 radical (unpaired) electrons. The molecular formula is C23H29FN6. The first kappa shape index (κ1) is 20.5. The van der Waals surface area contributed by atoms with Crippen molar-refractivity contribution < 1.29 is 4.39 Å². The molecule has 6 nitrogen and oxygen atoms in total. The minimum atomic E-state index is -0.238. The Kier molecular flexibility index (Phi) is 5.81. The molecule has 1 aliphatic heterocycles. The zero-order valence-corrected chi connectivity index (χ0v) is 18.1. The molecule has 3 heterocycles. The molecule has 7 heteroatoms. The Labute approximate surface area is 177 Å². The summed E-state index contributed by atoms with van der Waals surface area (Å²) in [7, 11) is 5.88. The molecule has 0 bridgehead atoms. The molecule has 0 aliphatic carbocycles. The maximum Gasteiger partial charge on any atom is 0.225 e. The van der Waals surface area contributed by atoms with Crippen LogP contribution < -0.4 is 4.90 Å². The minimum absolute atomic E-state index is 0.181. The molecule has 2 aromatic heterocycles. The zero-order chi connectivity index (χ0) is 21.3. The second-order valence-corrected chi connectivity index (χ2v) is 8.23. The molecule has 158 valence electrons. The first-order valence-corrected chi connectivity index (χ1v) is 10.5. The zero-order valence-electron chi connectivity index (χ0n) is 18.1. The Morgan fingerprint density at radius 1 is 1.13 bits per heavy atom. The number of hydrogen-bond donors (Lipinski definition) is 0. The van der Waals surface area contributed by atoms with Crippen molar-refractivity contribution in [2.45, 2.75) is 38.8 Å². The number of hydrogen-bond acceptors (Lipinski definition) is 5. The number of aromatic nitrogens is 4. The summed E-state index contributed by atoms with van der Waals surface area (Å²) in [5.41, 5.74) is 5.37. The highest BCUT2D eigenvalue weighted by atomic mass is 19.1. The van der Waals surface area contributed by atoms with Crippen LogP contribution in [0.3, 0.4) is 0 Å². The molecule has 1 saturated heterocycles. The van der Waals surface area contributed by atoms with E-state index in [0.717, 1.165) is 42.8 Å². The van der Waals surface area contributed by atoms with Crippen molar-refractivity contribution in [3.05, 3.63) is 59.4 Å². The van der Waals surface area contributed by atoms with Crippen LogP contribution in [-0.4, -0.2) is 45.3 Å². The van der Waals surface area contributed by atoms with Gasteiger partial charge < -0.3 is 4.90 Å². The third kappa shape index (κ3) is 4.07. The summed E-state index contributed by atoms with van der Waals surface area (Å²) in [6.45, 7) is 3.97. The number of anilines is 1. The van der Waals surface area contributed by atoms with Crippen LogP contribution in [-0.2, 0) is 13.6 Å². The molecule has 1 fully saturated rings. The summed E-state index contributed by atoms with van der Waals surface area (Å²) in [6.07, 6.45) is 7.22. The van der Waals surface area contributed by atoms with Gasteiger partial charge in [-0.15, -0.1) is 0 Å². The summed E-state index contributed by atoms with van der Waals surface area (Å²) in [5.74, 6) is 0.455. The largest absolute Gasteiger partial charge is 0.347 e. The van der Waals surface area contributed by atoms with Crippen LogP contribution in [0.25, 0.3) is 11.1 Å². The fourth-order valence-electron chi connectivity index (χ4n) is 4.11. The molecule has 1 unspecified atom stereocenters. The van der Waals surface area contributed by atoms with Crippen LogP contribution in [0.2, 0.25) is 0 Å². The highest BCUT2D eigenvalue weighted by Gasteiger charge is 2.29. The molecule has 30 heavy (non-hydrogen) atoms. The van der Waals surface area contributed by atoms with Crippen LogP contribution >= 0.6 is 0 Å². The maximum absolute atomic E-state index is 13.5. The number of nitrogens with zero attached hydrogens (tertiary/aromatic N) is 6. The lowest BCUT2D eigenvalue weighted by Gasteiger charge is -2.36. The van der Waals surface area contributed by atoms with Crippen molar-refractivity contribution in [1.82, 2.24) is 24.6 Å². The molecule has 1 atom stereocenters. The van der Waals surface area contributed by atoms with Gasteiger partial charge in [0, 0.05) is 50.7 Å². The van der Waals surface area contributed by atoms with Crippen LogP contribution in [0, 0.1) is 12.7 Å². The average molecular weight is 409 g/mol. The maximum atomic E-state index is 13.5. The molecule has 0 amide bonds. The summed E-state index contributed by atoms with van der Waals surface area (Å²) < 4.78 is 15.4.